The third-order valence-electron chi connectivity index (χ3n) is 0.702. The van der Waals surface area contributed by atoms with Crippen LogP contribution in [0.1, 0.15) is 0 Å². The summed E-state index contributed by atoms with van der Waals surface area (Å²) in [4.78, 5) is 0. The average Bonchev–Trinajstić information content (AvgIpc) is 2.14. The second kappa shape index (κ2) is 2.00. The Labute approximate surface area is 51.2 Å². The molecule has 0 saturated heterocycles. The van der Waals surface area contributed by atoms with Crippen molar-refractivity contribution in [3.8, 4) is 5.95 Å². The van der Waals surface area contributed by atoms with E-state index in [0.717, 1.165) is 0 Å². The first-order chi connectivity index (χ1) is 3.83. The molecule has 0 spiro atoms. The van der Waals surface area contributed by atoms with Gasteiger partial charge in [0.15, 0.2) is 0 Å². The van der Waals surface area contributed by atoms with Gasteiger partial charge in [0.1, 0.15) is 4.64 Å². The zero-order valence-corrected chi connectivity index (χ0v) is 5.12. The van der Waals surface area contributed by atoms with E-state index in [4.69, 9.17) is 0 Å². The fraction of sp³-hybridized carbons (Fsp3) is 0.250. The van der Waals surface area contributed by atoms with Gasteiger partial charge in [0.25, 0.3) is 0 Å². The van der Waals surface area contributed by atoms with Gasteiger partial charge in [-0.1, -0.05) is 12.2 Å². The Hall–Kier alpha value is -0.770. The second-order valence-electron chi connectivity index (χ2n) is 1.24. The number of aromatic amines is 1. The molecule has 1 heterocycles. The van der Waals surface area contributed by atoms with Crippen LogP contribution in [0.3, 0.4) is 0 Å². The predicted octanol–water partition coefficient (Wildman–Crippen LogP) is 1.35. The van der Waals surface area contributed by atoms with E-state index in [1.807, 2.05) is 0 Å². The van der Waals surface area contributed by atoms with Gasteiger partial charge in [-0.3, -0.25) is 0 Å². The summed E-state index contributed by atoms with van der Waals surface area (Å²) >= 11 is 4.67. The lowest BCUT2D eigenvalue weighted by Gasteiger charge is -1.84. The maximum absolute atomic E-state index is 4.67. The van der Waals surface area contributed by atoms with Crippen LogP contribution in [0.5, 0.6) is 5.95 Å². The fourth-order valence-electron chi connectivity index (χ4n) is 0.367. The Bertz CT molecular complexity index is 214. The number of aromatic nitrogens is 1. The molecule has 44 valence electrons. The molecule has 0 aliphatic carbocycles. The molecule has 4 heteroatoms. The van der Waals surface area contributed by atoms with Crippen LogP contribution in [0.25, 0.3) is 0 Å². The Morgan fingerprint density at radius 1 is 1.88 bits per heavy atom. The molecular formula is C4H5NO2S. The molecule has 0 fully saturated rings. The largest absolute Gasteiger partial charge is 0.467 e. The standard InChI is InChI=1S/C4H5NO2S/c1-6-4-2-3(8)5-7-4/h2H,1H3,(H,5,8). The van der Waals surface area contributed by atoms with Gasteiger partial charge in [0.2, 0.25) is 0 Å². The molecule has 0 aliphatic rings. The molecule has 1 N–H and O–H groups in total. The van der Waals surface area contributed by atoms with Gasteiger partial charge < -0.3 is 9.26 Å². The summed E-state index contributed by atoms with van der Waals surface area (Å²) in [6, 6.07) is 1.59. The van der Waals surface area contributed by atoms with Gasteiger partial charge in [-0.2, -0.15) is 0 Å². The van der Waals surface area contributed by atoms with Crippen LogP contribution in [0.15, 0.2) is 10.6 Å². The zero-order chi connectivity index (χ0) is 5.98. The summed E-state index contributed by atoms with van der Waals surface area (Å²) < 4.78 is 9.88. The lowest BCUT2D eigenvalue weighted by molar-refractivity contribution is 0.260. The molecule has 0 aromatic carbocycles. The molecule has 1 aromatic heterocycles. The van der Waals surface area contributed by atoms with Crippen LogP contribution < -0.4 is 4.74 Å². The van der Waals surface area contributed by atoms with Gasteiger partial charge in [-0.25, -0.2) is 5.16 Å². The summed E-state index contributed by atoms with van der Waals surface area (Å²) in [5.41, 5.74) is 0. The summed E-state index contributed by atoms with van der Waals surface area (Å²) in [6.45, 7) is 0. The number of nitrogens with one attached hydrogen (secondary N) is 1. The minimum Gasteiger partial charge on any atom is -0.467 e. The molecule has 0 unspecified atom stereocenters. The van der Waals surface area contributed by atoms with Gasteiger partial charge >= 0.3 is 5.95 Å². The van der Waals surface area contributed by atoms with E-state index >= 15 is 0 Å². The topological polar surface area (TPSA) is 38.2 Å². The monoisotopic (exact) mass is 131 g/mol. The van der Waals surface area contributed by atoms with Crippen molar-refractivity contribution < 1.29 is 9.26 Å². The second-order valence-corrected chi connectivity index (χ2v) is 1.68. The van der Waals surface area contributed by atoms with Gasteiger partial charge in [-0.05, 0) is 0 Å². The first kappa shape index (κ1) is 5.37. The smallest absolute Gasteiger partial charge is 0.309 e. The molecule has 0 bridgehead atoms. The Morgan fingerprint density at radius 3 is 2.88 bits per heavy atom. The highest BCUT2D eigenvalue weighted by atomic mass is 32.1. The van der Waals surface area contributed by atoms with Gasteiger partial charge in [-0.15, -0.1) is 0 Å². The molecule has 8 heavy (non-hydrogen) atoms. The van der Waals surface area contributed by atoms with E-state index in [1.54, 1.807) is 6.07 Å². The SMILES string of the molecule is COc1cc(=S)[nH]o1. The number of hydrogen-bond acceptors (Lipinski definition) is 3. The molecule has 0 saturated carbocycles. The number of hydrogen-bond donors (Lipinski definition) is 1. The van der Waals surface area contributed by atoms with Crippen LogP contribution in [0, 0.1) is 4.64 Å². The number of H-pyrrole nitrogens is 1. The average molecular weight is 131 g/mol. The molecule has 0 atom stereocenters. The van der Waals surface area contributed by atoms with Gasteiger partial charge in [0, 0.05) is 0 Å². The van der Waals surface area contributed by atoms with Crippen molar-refractivity contribution in [2.45, 2.75) is 0 Å². The lowest BCUT2D eigenvalue weighted by atomic mass is 10.7. The number of ether oxygens (including phenoxy) is 1. The van der Waals surface area contributed by atoms with Crippen LogP contribution >= 0.6 is 12.2 Å². The van der Waals surface area contributed by atoms with Gasteiger partial charge in [0.05, 0.1) is 13.2 Å². The maximum atomic E-state index is 4.67. The Morgan fingerprint density at radius 2 is 2.62 bits per heavy atom. The summed E-state index contributed by atoms with van der Waals surface area (Å²) in [5, 5.41) is 2.43. The van der Waals surface area contributed by atoms with E-state index in [1.165, 1.54) is 7.11 Å². The fourth-order valence-corrected chi connectivity index (χ4v) is 0.505. The molecule has 0 amide bonds. The number of methoxy groups -OCH3 is 1. The van der Waals surface area contributed by atoms with Crippen molar-refractivity contribution in [3.05, 3.63) is 10.7 Å². The summed E-state index contributed by atoms with van der Waals surface area (Å²) in [7, 11) is 1.52. The zero-order valence-electron chi connectivity index (χ0n) is 4.30. The van der Waals surface area contributed by atoms with E-state index in [-0.39, 0.29) is 0 Å². The van der Waals surface area contributed by atoms with Crippen LogP contribution in [0.2, 0.25) is 0 Å². The molecule has 1 aromatic rings. The van der Waals surface area contributed by atoms with Crippen LogP contribution in [-0.4, -0.2) is 12.3 Å². The highest BCUT2D eigenvalue weighted by Crippen LogP contribution is 2.06. The highest BCUT2D eigenvalue weighted by Gasteiger charge is 1.90. The normalized spacial score (nSPS) is 9.12. The Kier molecular flexibility index (Phi) is 1.34. The third-order valence-corrected chi connectivity index (χ3v) is 0.904. The predicted molar refractivity (Wildman–Crippen MR) is 30.4 cm³/mol. The van der Waals surface area contributed by atoms with Crippen molar-refractivity contribution in [3.63, 3.8) is 0 Å². The maximum Gasteiger partial charge on any atom is 0.309 e. The van der Waals surface area contributed by atoms with E-state index in [9.17, 15) is 0 Å². The third kappa shape index (κ3) is 0.894. The molecule has 1 rings (SSSR count). The van der Waals surface area contributed by atoms with E-state index in [0.29, 0.717) is 10.6 Å². The lowest BCUT2D eigenvalue weighted by Crippen LogP contribution is -1.75. The Balaban J connectivity index is 3.01. The summed E-state index contributed by atoms with van der Waals surface area (Å²) in [5.74, 6) is 0.412. The van der Waals surface area contributed by atoms with E-state index in [2.05, 4.69) is 26.6 Å². The van der Waals surface area contributed by atoms with Crippen molar-refractivity contribution in [1.29, 1.82) is 0 Å². The number of rotatable bonds is 1. The quantitative estimate of drug-likeness (QED) is 0.584. The highest BCUT2D eigenvalue weighted by molar-refractivity contribution is 7.71. The first-order valence-electron chi connectivity index (χ1n) is 2.05. The first-order valence-corrected chi connectivity index (χ1v) is 2.46. The van der Waals surface area contributed by atoms with Crippen molar-refractivity contribution in [1.82, 2.24) is 5.16 Å². The van der Waals surface area contributed by atoms with Crippen LogP contribution in [0.4, 0.5) is 0 Å². The van der Waals surface area contributed by atoms with Crippen molar-refractivity contribution in [2.24, 2.45) is 0 Å². The summed E-state index contributed by atoms with van der Waals surface area (Å²) in [6.07, 6.45) is 0. The molecular weight excluding hydrogens is 126 g/mol. The minimum atomic E-state index is 0.412. The molecule has 0 radical (unpaired) electrons. The van der Waals surface area contributed by atoms with Crippen molar-refractivity contribution in [2.75, 3.05) is 7.11 Å². The minimum absolute atomic E-state index is 0.412. The molecule has 3 nitrogen and oxygen atoms in total. The van der Waals surface area contributed by atoms with Crippen LogP contribution in [-0.2, 0) is 0 Å². The van der Waals surface area contributed by atoms with E-state index < -0.39 is 0 Å². The molecule has 0 aliphatic heterocycles. The van der Waals surface area contributed by atoms with Crippen molar-refractivity contribution >= 4 is 12.2 Å².